The van der Waals surface area contributed by atoms with Gasteiger partial charge in [-0.3, -0.25) is 4.98 Å². The summed E-state index contributed by atoms with van der Waals surface area (Å²) in [6.45, 7) is 10.5. The zero-order valence-electron chi connectivity index (χ0n) is 18.6. The van der Waals surface area contributed by atoms with Crippen LogP contribution in [0.15, 0.2) is 53.6 Å². The van der Waals surface area contributed by atoms with Gasteiger partial charge in [0.1, 0.15) is 11.5 Å². The van der Waals surface area contributed by atoms with Crippen LogP contribution in [0.2, 0.25) is 0 Å². The number of pyridine rings is 1. The van der Waals surface area contributed by atoms with Gasteiger partial charge in [-0.2, -0.15) is 4.31 Å². The van der Waals surface area contributed by atoms with Crippen molar-refractivity contribution in [3.05, 3.63) is 65.5 Å². The Morgan fingerprint density at radius 3 is 2.26 bits per heavy atom. The molecule has 0 fully saturated rings. The van der Waals surface area contributed by atoms with Crippen molar-refractivity contribution in [1.82, 2.24) is 19.3 Å². The molecule has 0 amide bonds. The first-order chi connectivity index (χ1) is 14.8. The Labute approximate surface area is 184 Å². The molecule has 8 heteroatoms. The van der Waals surface area contributed by atoms with Gasteiger partial charge in [-0.1, -0.05) is 32.0 Å². The Kier molecular flexibility index (Phi) is 7.02. The third-order valence-corrected chi connectivity index (χ3v) is 7.42. The fraction of sp³-hybridized carbons (Fsp3) is 0.348. The van der Waals surface area contributed by atoms with E-state index in [1.807, 2.05) is 65.0 Å². The van der Waals surface area contributed by atoms with E-state index in [2.05, 4.69) is 20.3 Å². The van der Waals surface area contributed by atoms with E-state index in [9.17, 15) is 8.42 Å². The smallest absolute Gasteiger partial charge is 0.243 e. The van der Waals surface area contributed by atoms with E-state index >= 15 is 0 Å². The minimum Gasteiger partial charge on any atom is -0.363 e. The lowest BCUT2D eigenvalue weighted by Crippen LogP contribution is -2.30. The molecule has 0 aliphatic rings. The van der Waals surface area contributed by atoms with Crippen molar-refractivity contribution in [2.45, 2.75) is 45.6 Å². The van der Waals surface area contributed by atoms with Crippen molar-refractivity contribution < 1.29 is 8.42 Å². The van der Waals surface area contributed by atoms with Crippen LogP contribution in [0.4, 0.5) is 5.82 Å². The molecular formula is C23H29N5O2S. The van der Waals surface area contributed by atoms with Crippen LogP contribution in [-0.4, -0.2) is 40.8 Å². The van der Waals surface area contributed by atoms with Crippen LogP contribution in [0, 0.1) is 13.8 Å². The average Bonchev–Trinajstić information content (AvgIpc) is 2.78. The van der Waals surface area contributed by atoms with Crippen molar-refractivity contribution in [3.63, 3.8) is 0 Å². The highest BCUT2D eigenvalue weighted by atomic mass is 32.2. The molecule has 0 radical (unpaired) electrons. The summed E-state index contributed by atoms with van der Waals surface area (Å²) in [4.78, 5) is 13.9. The summed E-state index contributed by atoms with van der Waals surface area (Å²) in [5, 5.41) is 3.44. The first kappa shape index (κ1) is 22.8. The highest BCUT2D eigenvalue weighted by molar-refractivity contribution is 7.89. The monoisotopic (exact) mass is 439 g/mol. The van der Waals surface area contributed by atoms with E-state index in [1.165, 1.54) is 4.31 Å². The van der Waals surface area contributed by atoms with Crippen molar-refractivity contribution in [3.8, 4) is 11.5 Å². The number of sulfonamides is 1. The van der Waals surface area contributed by atoms with Crippen LogP contribution in [0.5, 0.6) is 0 Å². The van der Waals surface area contributed by atoms with Gasteiger partial charge in [-0.05, 0) is 50.6 Å². The SMILES string of the molecule is CCN(CC)S(=O)(=O)c1ccc(C(C)Nc2nc(-c3ccccn3)nc(C)c2C)cc1. The lowest BCUT2D eigenvalue weighted by molar-refractivity contribution is 0.445. The number of anilines is 1. The molecule has 1 atom stereocenters. The van der Waals surface area contributed by atoms with Gasteiger partial charge in [0.15, 0.2) is 5.82 Å². The molecule has 2 heterocycles. The molecule has 1 unspecified atom stereocenters. The number of hydrogen-bond donors (Lipinski definition) is 1. The van der Waals surface area contributed by atoms with E-state index in [-0.39, 0.29) is 6.04 Å². The number of benzene rings is 1. The van der Waals surface area contributed by atoms with Crippen molar-refractivity contribution in [2.24, 2.45) is 0 Å². The highest BCUT2D eigenvalue weighted by Gasteiger charge is 2.22. The Morgan fingerprint density at radius 2 is 1.68 bits per heavy atom. The van der Waals surface area contributed by atoms with Gasteiger partial charge < -0.3 is 5.32 Å². The molecule has 0 saturated carbocycles. The molecule has 3 rings (SSSR count). The van der Waals surface area contributed by atoms with E-state index in [4.69, 9.17) is 0 Å². The third-order valence-electron chi connectivity index (χ3n) is 5.36. The summed E-state index contributed by atoms with van der Waals surface area (Å²) < 4.78 is 26.9. The molecule has 0 aliphatic heterocycles. The summed E-state index contributed by atoms with van der Waals surface area (Å²) in [5.41, 5.74) is 3.53. The van der Waals surface area contributed by atoms with E-state index < -0.39 is 10.0 Å². The zero-order chi connectivity index (χ0) is 22.6. The number of aromatic nitrogens is 3. The maximum Gasteiger partial charge on any atom is 0.243 e. The van der Waals surface area contributed by atoms with Crippen molar-refractivity contribution in [1.29, 1.82) is 0 Å². The summed E-state index contributed by atoms with van der Waals surface area (Å²) in [6.07, 6.45) is 1.72. The van der Waals surface area contributed by atoms with E-state index in [0.29, 0.717) is 29.5 Å². The number of aryl methyl sites for hydroxylation is 1. The molecular weight excluding hydrogens is 410 g/mol. The van der Waals surface area contributed by atoms with Gasteiger partial charge in [-0.25, -0.2) is 18.4 Å². The minimum atomic E-state index is -3.47. The van der Waals surface area contributed by atoms with E-state index in [1.54, 1.807) is 18.3 Å². The van der Waals surface area contributed by atoms with Crippen LogP contribution in [-0.2, 0) is 10.0 Å². The van der Waals surface area contributed by atoms with E-state index in [0.717, 1.165) is 22.6 Å². The quantitative estimate of drug-likeness (QED) is 0.561. The molecule has 0 aliphatic carbocycles. The van der Waals surface area contributed by atoms with Crippen molar-refractivity contribution in [2.75, 3.05) is 18.4 Å². The molecule has 3 aromatic rings. The largest absolute Gasteiger partial charge is 0.363 e. The molecule has 0 spiro atoms. The van der Waals surface area contributed by atoms with Crippen LogP contribution in [0.25, 0.3) is 11.5 Å². The summed E-state index contributed by atoms with van der Waals surface area (Å²) in [7, 11) is -3.47. The summed E-state index contributed by atoms with van der Waals surface area (Å²) in [5.74, 6) is 1.31. The molecule has 1 N–H and O–H groups in total. The van der Waals surface area contributed by atoms with Gasteiger partial charge in [0.2, 0.25) is 10.0 Å². The first-order valence-electron chi connectivity index (χ1n) is 10.4. The second kappa shape index (κ2) is 9.53. The predicted molar refractivity (Wildman–Crippen MR) is 123 cm³/mol. The number of nitrogens with one attached hydrogen (secondary N) is 1. The van der Waals surface area contributed by atoms with Crippen LogP contribution >= 0.6 is 0 Å². The Bertz CT molecular complexity index is 1130. The van der Waals surface area contributed by atoms with Crippen molar-refractivity contribution >= 4 is 15.8 Å². The van der Waals surface area contributed by atoms with Gasteiger partial charge in [0.05, 0.1) is 4.90 Å². The second-order valence-electron chi connectivity index (χ2n) is 7.35. The number of rotatable bonds is 8. The molecule has 164 valence electrons. The lowest BCUT2D eigenvalue weighted by Gasteiger charge is -2.20. The Balaban J connectivity index is 1.85. The maximum atomic E-state index is 12.7. The fourth-order valence-corrected chi connectivity index (χ4v) is 4.77. The predicted octanol–water partition coefficient (Wildman–Crippen LogP) is 4.36. The molecule has 0 saturated heterocycles. The Morgan fingerprint density at radius 1 is 1.00 bits per heavy atom. The number of nitrogens with zero attached hydrogens (tertiary/aromatic N) is 4. The number of hydrogen-bond acceptors (Lipinski definition) is 6. The minimum absolute atomic E-state index is 0.0743. The highest BCUT2D eigenvalue weighted by Crippen LogP contribution is 2.26. The van der Waals surface area contributed by atoms with Crippen LogP contribution in [0.1, 0.15) is 43.6 Å². The topological polar surface area (TPSA) is 88.1 Å². The lowest BCUT2D eigenvalue weighted by atomic mass is 10.1. The summed E-state index contributed by atoms with van der Waals surface area (Å²) in [6, 6.07) is 12.6. The maximum absolute atomic E-state index is 12.7. The second-order valence-corrected chi connectivity index (χ2v) is 9.28. The third kappa shape index (κ3) is 4.91. The summed E-state index contributed by atoms with van der Waals surface area (Å²) >= 11 is 0. The van der Waals surface area contributed by atoms with Gasteiger partial charge >= 0.3 is 0 Å². The van der Waals surface area contributed by atoms with Gasteiger partial charge in [-0.15, -0.1) is 0 Å². The molecule has 7 nitrogen and oxygen atoms in total. The normalized spacial score (nSPS) is 12.7. The standard InChI is InChI=1S/C23H29N5O2S/c1-6-28(7-2)31(29,30)20-13-11-19(12-14-20)18(5)26-22-16(3)17(4)25-23(27-22)21-10-8-9-15-24-21/h8-15,18H,6-7H2,1-5H3,(H,25,26,27). The molecule has 31 heavy (non-hydrogen) atoms. The average molecular weight is 440 g/mol. The van der Waals surface area contributed by atoms with Gasteiger partial charge in [0.25, 0.3) is 0 Å². The fourth-order valence-electron chi connectivity index (χ4n) is 3.31. The zero-order valence-corrected chi connectivity index (χ0v) is 19.4. The van der Waals surface area contributed by atoms with Crippen LogP contribution < -0.4 is 5.32 Å². The first-order valence-corrected chi connectivity index (χ1v) is 11.8. The Hall–Kier alpha value is -2.84. The van der Waals surface area contributed by atoms with Crippen LogP contribution in [0.3, 0.4) is 0 Å². The molecule has 0 bridgehead atoms. The van der Waals surface area contributed by atoms with Gasteiger partial charge in [0, 0.05) is 36.6 Å². The molecule has 1 aromatic carbocycles. The molecule has 2 aromatic heterocycles.